The van der Waals surface area contributed by atoms with Crippen LogP contribution in [0.15, 0.2) is 4.79 Å². The lowest BCUT2D eigenvalue weighted by molar-refractivity contribution is 0.149. The first-order valence-electron chi connectivity index (χ1n) is 5.52. The van der Waals surface area contributed by atoms with Gasteiger partial charge in [0, 0.05) is 13.0 Å². The molecule has 0 fully saturated rings. The summed E-state index contributed by atoms with van der Waals surface area (Å²) in [5.74, 6) is 0.989. The van der Waals surface area contributed by atoms with Crippen LogP contribution in [0.2, 0.25) is 0 Å². The molecular formula is C11H19N3O2. The molecule has 0 spiro atoms. The lowest BCUT2D eigenvalue weighted by atomic mass is 10.1. The second-order valence-electron chi connectivity index (χ2n) is 3.91. The molecule has 1 aromatic rings. The van der Waals surface area contributed by atoms with Crippen molar-refractivity contribution in [3.05, 3.63) is 21.7 Å². The molecular weight excluding hydrogens is 206 g/mol. The fourth-order valence-corrected chi connectivity index (χ4v) is 1.54. The zero-order valence-electron chi connectivity index (χ0n) is 10.0. The first-order valence-corrected chi connectivity index (χ1v) is 5.52. The summed E-state index contributed by atoms with van der Waals surface area (Å²) in [4.78, 5) is 18.6. The van der Waals surface area contributed by atoms with Crippen LogP contribution < -0.4 is 11.3 Å². The minimum Gasteiger partial charge on any atom is -0.383 e. The zero-order valence-corrected chi connectivity index (χ0v) is 10.0. The van der Waals surface area contributed by atoms with Gasteiger partial charge in [-0.25, -0.2) is 4.98 Å². The Bertz CT molecular complexity index is 399. The van der Waals surface area contributed by atoms with Crippen LogP contribution in [0.4, 0.5) is 5.82 Å². The largest absolute Gasteiger partial charge is 0.383 e. The first kappa shape index (κ1) is 12.7. The monoisotopic (exact) mass is 225 g/mol. The Morgan fingerprint density at radius 2 is 2.19 bits per heavy atom. The van der Waals surface area contributed by atoms with E-state index in [4.69, 9.17) is 10.5 Å². The maximum atomic E-state index is 11.7. The number of nitrogens with one attached hydrogen (secondary N) is 1. The predicted molar refractivity (Wildman–Crippen MR) is 63.6 cm³/mol. The van der Waals surface area contributed by atoms with Gasteiger partial charge in [-0.2, -0.15) is 0 Å². The number of rotatable bonds is 5. The third-order valence-corrected chi connectivity index (χ3v) is 2.30. The van der Waals surface area contributed by atoms with Crippen LogP contribution in [-0.4, -0.2) is 23.2 Å². The van der Waals surface area contributed by atoms with Crippen molar-refractivity contribution in [1.82, 2.24) is 9.97 Å². The molecule has 0 aliphatic heterocycles. The van der Waals surface area contributed by atoms with Crippen molar-refractivity contribution < 1.29 is 4.74 Å². The van der Waals surface area contributed by atoms with Crippen LogP contribution >= 0.6 is 0 Å². The van der Waals surface area contributed by atoms with Gasteiger partial charge in [-0.1, -0.05) is 13.8 Å². The lowest BCUT2D eigenvalue weighted by Gasteiger charge is -2.09. The van der Waals surface area contributed by atoms with E-state index in [1.807, 2.05) is 20.8 Å². The van der Waals surface area contributed by atoms with E-state index < -0.39 is 0 Å². The lowest BCUT2D eigenvalue weighted by Crippen LogP contribution is -2.21. The number of aromatic nitrogens is 2. The molecule has 1 rings (SSSR count). The molecule has 0 aliphatic rings. The minimum absolute atomic E-state index is 0.0807. The van der Waals surface area contributed by atoms with E-state index in [0.29, 0.717) is 36.8 Å². The van der Waals surface area contributed by atoms with E-state index >= 15 is 0 Å². The average Bonchev–Trinajstić information content (AvgIpc) is 2.16. The van der Waals surface area contributed by atoms with Gasteiger partial charge >= 0.3 is 0 Å². The molecule has 0 unspecified atom stereocenters. The fourth-order valence-electron chi connectivity index (χ4n) is 1.54. The maximum Gasteiger partial charge on any atom is 0.256 e. The van der Waals surface area contributed by atoms with Crippen molar-refractivity contribution in [2.45, 2.75) is 33.1 Å². The van der Waals surface area contributed by atoms with Gasteiger partial charge in [0.15, 0.2) is 0 Å². The number of anilines is 1. The predicted octanol–water partition coefficient (Wildman–Crippen LogP) is 1.05. The fraction of sp³-hybridized carbons (Fsp3) is 0.636. The molecule has 5 nitrogen and oxygen atoms in total. The summed E-state index contributed by atoms with van der Waals surface area (Å²) in [6.45, 7) is 6.96. The molecule has 0 amide bonds. The van der Waals surface area contributed by atoms with Crippen molar-refractivity contribution in [3.8, 4) is 0 Å². The standard InChI is InChI=1S/C11H19N3O2/c1-4-16-6-5-8-13-10(12)9(7(2)3)11(15)14-8/h7H,4-6H2,1-3H3,(H3,12,13,14,15). The van der Waals surface area contributed by atoms with E-state index in [9.17, 15) is 4.79 Å². The van der Waals surface area contributed by atoms with E-state index in [0.717, 1.165) is 0 Å². The van der Waals surface area contributed by atoms with Crippen LogP contribution in [0.5, 0.6) is 0 Å². The summed E-state index contributed by atoms with van der Waals surface area (Å²) < 4.78 is 5.19. The van der Waals surface area contributed by atoms with Gasteiger partial charge in [-0.15, -0.1) is 0 Å². The second-order valence-corrected chi connectivity index (χ2v) is 3.91. The van der Waals surface area contributed by atoms with Gasteiger partial charge in [0.25, 0.3) is 5.56 Å². The van der Waals surface area contributed by atoms with Crippen molar-refractivity contribution >= 4 is 5.82 Å². The molecule has 90 valence electrons. The first-order chi connectivity index (χ1) is 7.56. The number of aromatic amines is 1. The molecule has 5 heteroatoms. The van der Waals surface area contributed by atoms with E-state index in [1.165, 1.54) is 0 Å². The van der Waals surface area contributed by atoms with Gasteiger partial charge in [-0.3, -0.25) is 4.79 Å². The molecule has 3 N–H and O–H groups in total. The summed E-state index contributed by atoms with van der Waals surface area (Å²) >= 11 is 0. The quantitative estimate of drug-likeness (QED) is 0.734. The molecule has 0 radical (unpaired) electrons. The Balaban J connectivity index is 2.88. The summed E-state index contributed by atoms with van der Waals surface area (Å²) in [6.07, 6.45) is 0.575. The summed E-state index contributed by atoms with van der Waals surface area (Å²) in [7, 11) is 0. The van der Waals surface area contributed by atoms with Crippen molar-refractivity contribution in [1.29, 1.82) is 0 Å². The van der Waals surface area contributed by atoms with Crippen LogP contribution in [0.25, 0.3) is 0 Å². The molecule has 0 saturated carbocycles. The number of ether oxygens (including phenoxy) is 1. The van der Waals surface area contributed by atoms with Gasteiger partial charge in [0.05, 0.1) is 12.2 Å². The summed E-state index contributed by atoms with van der Waals surface area (Å²) in [6, 6.07) is 0. The molecule has 0 aliphatic carbocycles. The molecule has 0 atom stereocenters. The average molecular weight is 225 g/mol. The zero-order chi connectivity index (χ0) is 12.1. The second kappa shape index (κ2) is 5.65. The molecule has 16 heavy (non-hydrogen) atoms. The van der Waals surface area contributed by atoms with Gasteiger partial charge in [0.2, 0.25) is 0 Å². The highest BCUT2D eigenvalue weighted by Gasteiger charge is 2.11. The summed E-state index contributed by atoms with van der Waals surface area (Å²) in [5, 5.41) is 0. The number of nitrogens with zero attached hydrogens (tertiary/aromatic N) is 1. The highest BCUT2D eigenvalue weighted by molar-refractivity contribution is 5.39. The number of hydrogen-bond acceptors (Lipinski definition) is 4. The van der Waals surface area contributed by atoms with Crippen LogP contribution in [0.1, 0.15) is 38.1 Å². The van der Waals surface area contributed by atoms with Crippen LogP contribution in [0, 0.1) is 0 Å². The third kappa shape index (κ3) is 3.06. The van der Waals surface area contributed by atoms with Gasteiger partial charge in [-0.05, 0) is 12.8 Å². The van der Waals surface area contributed by atoms with Crippen LogP contribution in [0.3, 0.4) is 0 Å². The SMILES string of the molecule is CCOCCc1nc(N)c(C(C)C)c(=O)[nH]1. The normalized spacial score (nSPS) is 11.0. The van der Waals surface area contributed by atoms with E-state index in [2.05, 4.69) is 9.97 Å². The Kier molecular flexibility index (Phi) is 4.49. The Morgan fingerprint density at radius 3 is 2.69 bits per heavy atom. The third-order valence-electron chi connectivity index (χ3n) is 2.30. The Labute approximate surface area is 95.0 Å². The molecule has 1 heterocycles. The van der Waals surface area contributed by atoms with Crippen molar-refractivity contribution in [2.24, 2.45) is 0 Å². The minimum atomic E-state index is -0.144. The molecule has 0 saturated heterocycles. The number of nitrogen functional groups attached to an aromatic ring is 1. The summed E-state index contributed by atoms with van der Waals surface area (Å²) in [5.41, 5.74) is 6.17. The molecule has 1 aromatic heterocycles. The van der Waals surface area contributed by atoms with Gasteiger partial charge in [0.1, 0.15) is 11.6 Å². The van der Waals surface area contributed by atoms with Crippen molar-refractivity contribution in [2.75, 3.05) is 18.9 Å². The Morgan fingerprint density at radius 1 is 1.50 bits per heavy atom. The maximum absolute atomic E-state index is 11.7. The molecule has 0 bridgehead atoms. The van der Waals surface area contributed by atoms with Crippen molar-refractivity contribution in [3.63, 3.8) is 0 Å². The topological polar surface area (TPSA) is 81.0 Å². The Hall–Kier alpha value is -1.36. The van der Waals surface area contributed by atoms with Gasteiger partial charge < -0.3 is 15.5 Å². The van der Waals surface area contributed by atoms with Crippen LogP contribution in [-0.2, 0) is 11.2 Å². The molecule has 0 aromatic carbocycles. The number of H-pyrrole nitrogens is 1. The van der Waals surface area contributed by atoms with E-state index in [-0.39, 0.29) is 11.5 Å². The van der Waals surface area contributed by atoms with E-state index in [1.54, 1.807) is 0 Å². The number of nitrogens with two attached hydrogens (primary N) is 1. The smallest absolute Gasteiger partial charge is 0.256 e. The number of hydrogen-bond donors (Lipinski definition) is 2. The highest BCUT2D eigenvalue weighted by atomic mass is 16.5. The highest BCUT2D eigenvalue weighted by Crippen LogP contribution is 2.14.